The minimum absolute atomic E-state index is 0.124. The van der Waals surface area contributed by atoms with Gasteiger partial charge < -0.3 is 5.73 Å². The Morgan fingerprint density at radius 2 is 2.24 bits per heavy atom. The number of hydrogen-bond donors (Lipinski definition) is 1. The first kappa shape index (κ1) is 10.4. The maximum Gasteiger partial charge on any atom is 0.279 e. The molecule has 0 amide bonds. The maximum atomic E-state index is 11.8. The van der Waals surface area contributed by atoms with Crippen LogP contribution in [0.3, 0.4) is 0 Å². The van der Waals surface area contributed by atoms with Crippen LogP contribution in [0.2, 0.25) is 5.02 Å². The summed E-state index contributed by atoms with van der Waals surface area (Å²) in [6.45, 7) is 0. The Morgan fingerprint density at radius 1 is 1.47 bits per heavy atom. The van der Waals surface area contributed by atoms with Crippen molar-refractivity contribution >= 4 is 17.3 Å². The minimum atomic E-state index is -0.296. The number of anilines is 1. The largest absolute Gasteiger partial charge is 0.394 e. The van der Waals surface area contributed by atoms with Crippen LogP contribution in [0, 0.1) is 0 Å². The summed E-state index contributed by atoms with van der Waals surface area (Å²) in [7, 11) is 0. The van der Waals surface area contributed by atoms with Crippen molar-refractivity contribution in [1.29, 1.82) is 0 Å². The number of hydrogen-bond acceptors (Lipinski definition) is 3. The van der Waals surface area contributed by atoms with E-state index in [1.165, 1.54) is 16.8 Å². The van der Waals surface area contributed by atoms with Crippen LogP contribution in [0.25, 0.3) is 5.82 Å². The molecule has 2 aromatic heterocycles. The highest BCUT2D eigenvalue weighted by Crippen LogP contribution is 2.34. The lowest BCUT2D eigenvalue weighted by Crippen LogP contribution is -2.21. The fourth-order valence-corrected chi connectivity index (χ4v) is 1.95. The lowest BCUT2D eigenvalue weighted by molar-refractivity contribution is 0.634. The second-order valence-electron chi connectivity index (χ2n) is 4.17. The Hall–Kier alpha value is -1.75. The normalized spacial score (nSPS) is 15.1. The number of halogens is 1. The number of nitrogens with zero attached hydrogens (tertiary/aromatic N) is 3. The minimum Gasteiger partial charge on any atom is -0.394 e. The van der Waals surface area contributed by atoms with E-state index >= 15 is 0 Å². The van der Waals surface area contributed by atoms with Gasteiger partial charge >= 0.3 is 0 Å². The fraction of sp³-hybridized carbons (Fsp3) is 0.273. The van der Waals surface area contributed by atoms with Gasteiger partial charge in [0.05, 0.1) is 16.8 Å². The van der Waals surface area contributed by atoms with E-state index in [-0.39, 0.29) is 11.2 Å². The van der Waals surface area contributed by atoms with Gasteiger partial charge in [0.25, 0.3) is 5.56 Å². The lowest BCUT2D eigenvalue weighted by atomic mass is 10.4. The van der Waals surface area contributed by atoms with Crippen molar-refractivity contribution < 1.29 is 0 Å². The molecule has 1 saturated carbocycles. The third kappa shape index (κ3) is 1.82. The summed E-state index contributed by atoms with van der Waals surface area (Å²) >= 11 is 5.88. The summed E-state index contributed by atoms with van der Waals surface area (Å²) in [5.41, 5.74) is 5.41. The molecule has 0 unspecified atom stereocenters. The summed E-state index contributed by atoms with van der Waals surface area (Å²) in [6, 6.07) is 3.71. The van der Waals surface area contributed by atoms with Crippen LogP contribution in [-0.2, 0) is 0 Å². The van der Waals surface area contributed by atoms with Crippen LogP contribution in [0.1, 0.15) is 18.9 Å². The number of rotatable bonds is 2. The van der Waals surface area contributed by atoms with E-state index in [1.54, 1.807) is 6.07 Å². The Kier molecular flexibility index (Phi) is 2.22. The van der Waals surface area contributed by atoms with Gasteiger partial charge in [-0.1, -0.05) is 11.6 Å². The van der Waals surface area contributed by atoms with Gasteiger partial charge in [0.15, 0.2) is 5.82 Å². The van der Waals surface area contributed by atoms with E-state index in [1.807, 2.05) is 10.9 Å². The van der Waals surface area contributed by atoms with Crippen molar-refractivity contribution in [1.82, 2.24) is 14.3 Å². The van der Waals surface area contributed by atoms with Crippen LogP contribution >= 0.6 is 11.6 Å². The molecule has 0 bridgehead atoms. The zero-order valence-electron chi connectivity index (χ0n) is 9.01. The maximum absolute atomic E-state index is 11.8. The summed E-state index contributed by atoms with van der Waals surface area (Å²) in [6.07, 6.45) is 5.69. The summed E-state index contributed by atoms with van der Waals surface area (Å²) in [5, 5.41) is 4.77. The van der Waals surface area contributed by atoms with Gasteiger partial charge in [-0.3, -0.25) is 14.0 Å². The fourth-order valence-electron chi connectivity index (χ4n) is 1.74. The Bertz CT molecular complexity index is 627. The molecule has 0 radical (unpaired) electrons. The zero-order chi connectivity index (χ0) is 12.0. The van der Waals surface area contributed by atoms with Crippen molar-refractivity contribution in [3.63, 3.8) is 0 Å². The predicted molar refractivity (Wildman–Crippen MR) is 65.5 cm³/mol. The Balaban J connectivity index is 2.10. The molecule has 17 heavy (non-hydrogen) atoms. The van der Waals surface area contributed by atoms with Crippen molar-refractivity contribution in [2.45, 2.75) is 18.9 Å². The molecule has 1 aliphatic carbocycles. The smallest absolute Gasteiger partial charge is 0.279 e. The molecule has 2 N–H and O–H groups in total. The molecular weight excluding hydrogens is 240 g/mol. The number of nitrogen functional groups attached to an aromatic ring is 1. The molecule has 0 aliphatic heterocycles. The highest BCUT2D eigenvalue weighted by molar-refractivity contribution is 6.30. The molecule has 0 aromatic carbocycles. The van der Waals surface area contributed by atoms with Gasteiger partial charge in [-0.2, -0.15) is 5.10 Å². The standard InChI is InChI=1S/C11H11ClN4O/c12-7-5-9(13)11(17)15(6-7)10-3-4-16(14-10)8-1-2-8/h3-6,8H,1-2,13H2. The quantitative estimate of drug-likeness (QED) is 0.881. The highest BCUT2D eigenvalue weighted by atomic mass is 35.5. The molecule has 2 aromatic rings. The SMILES string of the molecule is Nc1cc(Cl)cn(-c2ccn(C3CC3)n2)c1=O. The van der Waals surface area contributed by atoms with Crippen LogP contribution in [0.5, 0.6) is 0 Å². The number of nitrogens with two attached hydrogens (primary N) is 1. The van der Waals surface area contributed by atoms with E-state index in [0.29, 0.717) is 16.9 Å². The average Bonchev–Trinajstić information content (AvgIpc) is 3.02. The second kappa shape index (κ2) is 3.63. The Morgan fingerprint density at radius 3 is 2.94 bits per heavy atom. The van der Waals surface area contributed by atoms with Crippen molar-refractivity contribution in [3.05, 3.63) is 39.9 Å². The van der Waals surface area contributed by atoms with Crippen molar-refractivity contribution in [2.24, 2.45) is 0 Å². The van der Waals surface area contributed by atoms with E-state index in [2.05, 4.69) is 5.10 Å². The molecule has 0 spiro atoms. The third-order valence-electron chi connectivity index (χ3n) is 2.77. The summed E-state index contributed by atoms with van der Waals surface area (Å²) in [4.78, 5) is 11.8. The van der Waals surface area contributed by atoms with Crippen LogP contribution < -0.4 is 11.3 Å². The van der Waals surface area contributed by atoms with Gasteiger partial charge in [0.2, 0.25) is 0 Å². The highest BCUT2D eigenvalue weighted by Gasteiger charge is 2.24. The molecule has 0 saturated heterocycles. The first-order chi connectivity index (χ1) is 8.15. The van der Waals surface area contributed by atoms with Crippen LogP contribution in [0.4, 0.5) is 5.69 Å². The second-order valence-corrected chi connectivity index (χ2v) is 4.61. The van der Waals surface area contributed by atoms with Gasteiger partial charge in [-0.25, -0.2) is 0 Å². The molecule has 6 heteroatoms. The van der Waals surface area contributed by atoms with E-state index in [9.17, 15) is 4.79 Å². The summed E-state index contributed by atoms with van der Waals surface area (Å²) in [5.74, 6) is 0.552. The first-order valence-corrected chi connectivity index (χ1v) is 5.76. The van der Waals surface area contributed by atoms with E-state index in [0.717, 1.165) is 12.8 Å². The van der Waals surface area contributed by atoms with Crippen molar-refractivity contribution in [3.8, 4) is 5.82 Å². The molecule has 3 rings (SSSR count). The average molecular weight is 251 g/mol. The molecule has 2 heterocycles. The topological polar surface area (TPSA) is 65.8 Å². The van der Waals surface area contributed by atoms with E-state index < -0.39 is 0 Å². The Labute approximate surface area is 102 Å². The molecule has 88 valence electrons. The van der Waals surface area contributed by atoms with Gasteiger partial charge in [-0.15, -0.1) is 0 Å². The van der Waals surface area contributed by atoms with E-state index in [4.69, 9.17) is 17.3 Å². The molecule has 1 aliphatic rings. The molecule has 1 fully saturated rings. The van der Waals surface area contributed by atoms with Gasteiger partial charge in [-0.05, 0) is 18.9 Å². The monoisotopic (exact) mass is 250 g/mol. The van der Waals surface area contributed by atoms with Crippen LogP contribution in [0.15, 0.2) is 29.3 Å². The third-order valence-corrected chi connectivity index (χ3v) is 2.98. The zero-order valence-corrected chi connectivity index (χ0v) is 9.76. The molecule has 0 atom stereocenters. The molecule has 5 nitrogen and oxygen atoms in total. The lowest BCUT2D eigenvalue weighted by Gasteiger charge is -2.03. The van der Waals surface area contributed by atoms with Crippen molar-refractivity contribution in [2.75, 3.05) is 5.73 Å². The van der Waals surface area contributed by atoms with Crippen LogP contribution in [-0.4, -0.2) is 14.3 Å². The van der Waals surface area contributed by atoms with Gasteiger partial charge in [0, 0.05) is 18.5 Å². The molecular formula is C11H11ClN4O. The number of aromatic nitrogens is 3. The number of pyridine rings is 1. The summed E-state index contributed by atoms with van der Waals surface area (Å²) < 4.78 is 3.25. The van der Waals surface area contributed by atoms with Gasteiger partial charge in [0.1, 0.15) is 0 Å². The predicted octanol–water partition coefficient (Wildman–Crippen LogP) is 1.60. The first-order valence-electron chi connectivity index (χ1n) is 5.38.